The highest BCUT2D eigenvalue weighted by Crippen LogP contribution is 2.45. The fraction of sp³-hybridized carbons (Fsp3) is 1.00. The third-order valence-electron chi connectivity index (χ3n) is 3.69. The van der Waals surface area contributed by atoms with Gasteiger partial charge in [0.25, 0.3) is 0 Å². The van der Waals surface area contributed by atoms with Crippen molar-refractivity contribution in [2.75, 3.05) is 7.05 Å². The van der Waals surface area contributed by atoms with E-state index in [0.717, 1.165) is 23.8 Å². The molecule has 2 unspecified atom stereocenters. The molecule has 4 atom stereocenters. The van der Waals surface area contributed by atoms with Gasteiger partial charge >= 0.3 is 0 Å². The molecule has 0 aromatic heterocycles. The topological polar surface area (TPSA) is 12.0 Å². The molecule has 0 heterocycles. The fourth-order valence-electron chi connectivity index (χ4n) is 3.02. The lowest BCUT2D eigenvalue weighted by molar-refractivity contribution is 0.119. The molecule has 3 fully saturated rings. The van der Waals surface area contributed by atoms with Crippen molar-refractivity contribution in [2.45, 2.75) is 38.6 Å². The minimum Gasteiger partial charge on any atom is -0.316 e. The number of rotatable bonds is 1. The second-order valence-electron chi connectivity index (χ2n) is 4.49. The molecule has 2 bridgehead atoms. The monoisotopic (exact) mass is 153 g/mol. The van der Waals surface area contributed by atoms with E-state index in [1.807, 2.05) is 0 Å². The first-order chi connectivity index (χ1) is 5.31. The molecule has 0 aliphatic heterocycles. The fourth-order valence-corrected chi connectivity index (χ4v) is 3.02. The minimum absolute atomic E-state index is 0.875. The molecule has 0 radical (unpaired) electrons. The third-order valence-corrected chi connectivity index (χ3v) is 3.69. The van der Waals surface area contributed by atoms with Crippen LogP contribution in [-0.4, -0.2) is 13.1 Å². The van der Waals surface area contributed by atoms with Gasteiger partial charge in [0, 0.05) is 6.04 Å². The lowest BCUT2D eigenvalue weighted by Crippen LogP contribution is -2.49. The summed E-state index contributed by atoms with van der Waals surface area (Å²) in [7, 11) is 2.12. The number of hydrogen-bond acceptors (Lipinski definition) is 1. The summed E-state index contributed by atoms with van der Waals surface area (Å²) in [6.07, 6.45) is 5.93. The van der Waals surface area contributed by atoms with Crippen molar-refractivity contribution in [3.05, 3.63) is 0 Å². The molecule has 3 saturated carbocycles. The average molecular weight is 153 g/mol. The molecule has 11 heavy (non-hydrogen) atoms. The predicted molar refractivity (Wildman–Crippen MR) is 47.5 cm³/mol. The zero-order chi connectivity index (χ0) is 7.84. The van der Waals surface area contributed by atoms with Gasteiger partial charge in [-0.3, -0.25) is 0 Å². The van der Waals surface area contributed by atoms with Crippen molar-refractivity contribution >= 4 is 0 Å². The van der Waals surface area contributed by atoms with Gasteiger partial charge in [-0.1, -0.05) is 13.3 Å². The van der Waals surface area contributed by atoms with E-state index in [2.05, 4.69) is 19.3 Å². The van der Waals surface area contributed by atoms with Crippen LogP contribution in [0.2, 0.25) is 0 Å². The quantitative estimate of drug-likeness (QED) is 0.608. The second-order valence-corrected chi connectivity index (χ2v) is 4.49. The van der Waals surface area contributed by atoms with E-state index < -0.39 is 0 Å². The summed E-state index contributed by atoms with van der Waals surface area (Å²) in [5.41, 5.74) is 0. The van der Waals surface area contributed by atoms with Crippen LogP contribution in [0.15, 0.2) is 0 Å². The second kappa shape index (κ2) is 2.78. The van der Waals surface area contributed by atoms with Crippen LogP contribution in [0.25, 0.3) is 0 Å². The molecule has 0 aromatic carbocycles. The predicted octanol–water partition coefficient (Wildman–Crippen LogP) is 2.03. The van der Waals surface area contributed by atoms with Crippen molar-refractivity contribution in [3.8, 4) is 0 Å². The van der Waals surface area contributed by atoms with Gasteiger partial charge in [-0.2, -0.15) is 0 Å². The molecular weight excluding hydrogens is 134 g/mol. The minimum atomic E-state index is 0.875. The molecule has 0 spiro atoms. The standard InChI is InChI=1S/C10H19N/c1-7-3-4-8-6-9(5-7)10(8)11-2/h7-11H,3-6H2,1-2H3/t7?,8-,9+,10?/m0/s1. The van der Waals surface area contributed by atoms with Gasteiger partial charge in [-0.15, -0.1) is 0 Å². The maximum atomic E-state index is 3.46. The smallest absolute Gasteiger partial charge is 0.0121 e. The van der Waals surface area contributed by atoms with Crippen LogP contribution >= 0.6 is 0 Å². The van der Waals surface area contributed by atoms with E-state index in [1.165, 1.54) is 25.7 Å². The molecule has 3 aliphatic rings. The first kappa shape index (κ1) is 7.60. The van der Waals surface area contributed by atoms with E-state index >= 15 is 0 Å². The number of hydrogen-bond donors (Lipinski definition) is 1. The van der Waals surface area contributed by atoms with Gasteiger partial charge in [0.15, 0.2) is 0 Å². The molecule has 3 rings (SSSR count). The molecule has 0 amide bonds. The Balaban J connectivity index is 1.99. The Morgan fingerprint density at radius 2 is 1.91 bits per heavy atom. The molecule has 3 aliphatic carbocycles. The summed E-state index contributed by atoms with van der Waals surface area (Å²) in [6.45, 7) is 2.41. The zero-order valence-electron chi connectivity index (χ0n) is 7.64. The highest BCUT2D eigenvalue weighted by molar-refractivity contribution is 4.96. The zero-order valence-corrected chi connectivity index (χ0v) is 7.64. The van der Waals surface area contributed by atoms with Gasteiger partial charge in [-0.25, -0.2) is 0 Å². The van der Waals surface area contributed by atoms with Gasteiger partial charge < -0.3 is 5.32 Å². The van der Waals surface area contributed by atoms with Crippen molar-refractivity contribution in [1.29, 1.82) is 0 Å². The van der Waals surface area contributed by atoms with Crippen LogP contribution in [0, 0.1) is 17.8 Å². The highest BCUT2D eigenvalue weighted by Gasteiger charge is 2.42. The Hall–Kier alpha value is -0.0400. The maximum absolute atomic E-state index is 3.46. The summed E-state index contributed by atoms with van der Waals surface area (Å²) in [6, 6.07) is 0.875. The number of fused-ring (bicyclic) bond motifs is 3. The molecular formula is C10H19N. The summed E-state index contributed by atoms with van der Waals surface area (Å²) < 4.78 is 0. The van der Waals surface area contributed by atoms with Crippen molar-refractivity contribution < 1.29 is 0 Å². The van der Waals surface area contributed by atoms with Crippen LogP contribution < -0.4 is 5.32 Å². The summed E-state index contributed by atoms with van der Waals surface area (Å²) in [5.74, 6) is 3.03. The molecule has 0 saturated heterocycles. The van der Waals surface area contributed by atoms with Crippen LogP contribution in [0.5, 0.6) is 0 Å². The first-order valence-corrected chi connectivity index (χ1v) is 4.98. The molecule has 1 heteroatoms. The number of nitrogens with one attached hydrogen (secondary N) is 1. The Labute approximate surface area is 69.6 Å². The first-order valence-electron chi connectivity index (χ1n) is 4.98. The van der Waals surface area contributed by atoms with Crippen LogP contribution in [0.1, 0.15) is 32.6 Å². The van der Waals surface area contributed by atoms with E-state index in [-0.39, 0.29) is 0 Å². The summed E-state index contributed by atoms with van der Waals surface area (Å²) in [4.78, 5) is 0. The molecule has 64 valence electrons. The van der Waals surface area contributed by atoms with Gasteiger partial charge in [0.05, 0.1) is 0 Å². The van der Waals surface area contributed by atoms with Crippen molar-refractivity contribution in [3.63, 3.8) is 0 Å². The van der Waals surface area contributed by atoms with Crippen molar-refractivity contribution in [2.24, 2.45) is 17.8 Å². The van der Waals surface area contributed by atoms with E-state index in [4.69, 9.17) is 0 Å². The lowest BCUT2D eigenvalue weighted by atomic mass is 9.69. The lowest BCUT2D eigenvalue weighted by Gasteiger charge is -2.43. The van der Waals surface area contributed by atoms with E-state index in [9.17, 15) is 0 Å². The van der Waals surface area contributed by atoms with Gasteiger partial charge in [0.1, 0.15) is 0 Å². The Kier molecular flexibility index (Phi) is 1.92. The third kappa shape index (κ3) is 1.20. The average Bonchev–Trinajstić information content (AvgIpc) is 2.19. The Morgan fingerprint density at radius 3 is 2.64 bits per heavy atom. The highest BCUT2D eigenvalue weighted by atomic mass is 14.9. The normalized spacial score (nSPS) is 49.6. The SMILES string of the molecule is CNC1[C@@H]2CC(C)CC[C@H]1C2. The largest absolute Gasteiger partial charge is 0.316 e. The summed E-state index contributed by atoms with van der Waals surface area (Å²) >= 11 is 0. The molecule has 1 N–H and O–H groups in total. The van der Waals surface area contributed by atoms with E-state index in [0.29, 0.717) is 0 Å². The summed E-state index contributed by atoms with van der Waals surface area (Å²) in [5, 5.41) is 3.46. The van der Waals surface area contributed by atoms with E-state index in [1.54, 1.807) is 0 Å². The van der Waals surface area contributed by atoms with Crippen LogP contribution in [0.3, 0.4) is 0 Å². The Morgan fingerprint density at radius 1 is 1.09 bits per heavy atom. The molecule has 1 nitrogen and oxygen atoms in total. The van der Waals surface area contributed by atoms with Gasteiger partial charge in [-0.05, 0) is 44.1 Å². The maximum Gasteiger partial charge on any atom is 0.0121 e. The van der Waals surface area contributed by atoms with Crippen LogP contribution in [-0.2, 0) is 0 Å². The van der Waals surface area contributed by atoms with Crippen LogP contribution in [0.4, 0.5) is 0 Å². The Bertz CT molecular complexity index is 144. The van der Waals surface area contributed by atoms with Gasteiger partial charge in [0.2, 0.25) is 0 Å². The molecule has 0 aromatic rings. The van der Waals surface area contributed by atoms with Crippen molar-refractivity contribution in [1.82, 2.24) is 5.32 Å².